The zero-order valence-electron chi connectivity index (χ0n) is 10.1. The summed E-state index contributed by atoms with van der Waals surface area (Å²) in [6.07, 6.45) is 1.23. The van der Waals surface area contributed by atoms with E-state index in [9.17, 15) is 4.79 Å². The number of anilines is 1. The molecule has 2 rings (SSSR count). The van der Waals surface area contributed by atoms with Gasteiger partial charge in [0, 0.05) is 5.69 Å². The Kier molecular flexibility index (Phi) is 3.04. The summed E-state index contributed by atoms with van der Waals surface area (Å²) in [5.74, 6) is 0.184. The normalized spacial score (nSPS) is 25.4. The van der Waals surface area contributed by atoms with Crippen molar-refractivity contribution < 1.29 is 4.79 Å². The van der Waals surface area contributed by atoms with Crippen LogP contribution in [-0.2, 0) is 4.79 Å². The molecule has 90 valence electrons. The number of hydrogen-bond donors (Lipinski definition) is 1. The van der Waals surface area contributed by atoms with Crippen LogP contribution in [0.1, 0.15) is 25.3 Å². The van der Waals surface area contributed by atoms with E-state index in [1.54, 1.807) is 24.3 Å². The van der Waals surface area contributed by atoms with Crippen LogP contribution in [0.25, 0.3) is 0 Å². The number of rotatable bonds is 2. The van der Waals surface area contributed by atoms with Crippen molar-refractivity contribution in [1.82, 2.24) is 0 Å². The van der Waals surface area contributed by atoms with Crippen molar-refractivity contribution >= 4 is 11.6 Å². The Labute approximate surface area is 106 Å². The van der Waals surface area contributed by atoms with Crippen LogP contribution in [0.3, 0.4) is 0 Å². The summed E-state index contributed by atoms with van der Waals surface area (Å²) in [5, 5.41) is 20.5. The van der Waals surface area contributed by atoms with Gasteiger partial charge in [0.15, 0.2) is 0 Å². The lowest BCUT2D eigenvalue weighted by atomic mass is 9.63. The van der Waals surface area contributed by atoms with Crippen molar-refractivity contribution in [3.8, 4) is 12.1 Å². The lowest BCUT2D eigenvalue weighted by Gasteiger charge is -2.39. The zero-order chi connectivity index (χ0) is 13.2. The Balaban J connectivity index is 2.08. The smallest absolute Gasteiger partial charge is 0.244 e. The van der Waals surface area contributed by atoms with Crippen LogP contribution in [0, 0.1) is 34.0 Å². The fourth-order valence-corrected chi connectivity index (χ4v) is 2.34. The lowest BCUT2D eigenvalue weighted by molar-refractivity contribution is -0.128. The molecule has 1 aliphatic rings. The minimum atomic E-state index is -0.868. The molecule has 0 saturated heterocycles. The summed E-state index contributed by atoms with van der Waals surface area (Å²) in [7, 11) is 0. The first-order valence-corrected chi connectivity index (χ1v) is 5.82. The number of hydrogen-bond acceptors (Lipinski definition) is 3. The van der Waals surface area contributed by atoms with Crippen LogP contribution >= 0.6 is 0 Å². The third kappa shape index (κ3) is 2.06. The molecule has 4 heteroatoms. The maximum atomic E-state index is 12.0. The summed E-state index contributed by atoms with van der Waals surface area (Å²) >= 11 is 0. The average molecular weight is 239 g/mol. The van der Waals surface area contributed by atoms with E-state index in [-0.39, 0.29) is 5.91 Å². The molecular formula is C14H13N3O. The van der Waals surface area contributed by atoms with Crippen molar-refractivity contribution in [2.45, 2.75) is 19.8 Å². The molecular weight excluding hydrogens is 226 g/mol. The van der Waals surface area contributed by atoms with Gasteiger partial charge in [-0.2, -0.15) is 10.5 Å². The fraction of sp³-hybridized carbons (Fsp3) is 0.357. The quantitative estimate of drug-likeness (QED) is 0.861. The van der Waals surface area contributed by atoms with Crippen LogP contribution in [0.5, 0.6) is 0 Å². The minimum Gasteiger partial charge on any atom is -0.325 e. The monoisotopic (exact) mass is 239 g/mol. The van der Waals surface area contributed by atoms with Crippen molar-refractivity contribution in [3.05, 3.63) is 29.8 Å². The Morgan fingerprint density at radius 3 is 2.39 bits per heavy atom. The first-order chi connectivity index (χ1) is 8.59. The first-order valence-electron chi connectivity index (χ1n) is 5.82. The predicted molar refractivity (Wildman–Crippen MR) is 66.2 cm³/mol. The number of carbonyl (C=O) groups is 1. The van der Waals surface area contributed by atoms with Crippen molar-refractivity contribution in [2.24, 2.45) is 11.3 Å². The van der Waals surface area contributed by atoms with Gasteiger partial charge in [-0.3, -0.25) is 4.79 Å². The van der Waals surface area contributed by atoms with Gasteiger partial charge in [0.05, 0.1) is 17.7 Å². The van der Waals surface area contributed by atoms with E-state index < -0.39 is 5.41 Å². The third-order valence-electron chi connectivity index (χ3n) is 3.31. The number of amides is 1. The van der Waals surface area contributed by atoms with Gasteiger partial charge in [0.1, 0.15) is 5.41 Å². The van der Waals surface area contributed by atoms with Gasteiger partial charge < -0.3 is 5.32 Å². The summed E-state index contributed by atoms with van der Waals surface area (Å²) in [5.41, 5.74) is 0.293. The molecule has 0 heterocycles. The van der Waals surface area contributed by atoms with Crippen LogP contribution in [0.4, 0.5) is 5.69 Å². The SMILES string of the molecule is CC1CC(C#N)(C(=O)Nc2ccc(C#N)cc2)C1. The molecule has 0 unspecified atom stereocenters. The first kappa shape index (κ1) is 12.1. The molecule has 1 aromatic rings. The maximum absolute atomic E-state index is 12.0. The van der Waals surface area contributed by atoms with Gasteiger partial charge in [-0.15, -0.1) is 0 Å². The number of benzene rings is 1. The molecule has 0 radical (unpaired) electrons. The highest BCUT2D eigenvalue weighted by Crippen LogP contribution is 2.45. The third-order valence-corrected chi connectivity index (χ3v) is 3.31. The van der Waals surface area contributed by atoms with Crippen molar-refractivity contribution in [1.29, 1.82) is 10.5 Å². The molecule has 0 atom stereocenters. The molecule has 0 spiro atoms. The highest BCUT2D eigenvalue weighted by molar-refractivity contribution is 5.97. The molecule has 0 bridgehead atoms. The Morgan fingerprint density at radius 2 is 1.94 bits per heavy atom. The molecule has 1 amide bonds. The Morgan fingerprint density at radius 1 is 1.33 bits per heavy atom. The second-order valence-corrected chi connectivity index (χ2v) is 4.85. The standard InChI is InChI=1S/C14H13N3O/c1-10-6-14(7-10,9-16)13(18)17-12-4-2-11(8-15)3-5-12/h2-5,10H,6-7H2,1H3,(H,17,18). The highest BCUT2D eigenvalue weighted by atomic mass is 16.2. The van der Waals surface area contributed by atoms with Gasteiger partial charge in [0.2, 0.25) is 5.91 Å². The van der Waals surface area contributed by atoms with Gasteiger partial charge in [-0.25, -0.2) is 0 Å². The lowest BCUT2D eigenvalue weighted by Crippen LogP contribution is -2.45. The maximum Gasteiger partial charge on any atom is 0.244 e. The van der Waals surface area contributed by atoms with E-state index in [0.29, 0.717) is 30.0 Å². The van der Waals surface area contributed by atoms with Crippen LogP contribution in [-0.4, -0.2) is 5.91 Å². The van der Waals surface area contributed by atoms with E-state index in [4.69, 9.17) is 10.5 Å². The topological polar surface area (TPSA) is 76.7 Å². The van der Waals surface area contributed by atoms with Crippen LogP contribution in [0.15, 0.2) is 24.3 Å². The summed E-state index contributed by atoms with van der Waals surface area (Å²) in [6, 6.07) is 10.7. The fourth-order valence-electron chi connectivity index (χ4n) is 2.34. The van der Waals surface area contributed by atoms with E-state index >= 15 is 0 Å². The molecule has 1 aliphatic carbocycles. The molecule has 1 N–H and O–H groups in total. The van der Waals surface area contributed by atoms with Gasteiger partial charge in [0.25, 0.3) is 0 Å². The largest absolute Gasteiger partial charge is 0.325 e. The molecule has 1 aromatic carbocycles. The van der Waals surface area contributed by atoms with Crippen molar-refractivity contribution in [2.75, 3.05) is 5.32 Å². The zero-order valence-corrected chi connectivity index (χ0v) is 10.1. The molecule has 1 fully saturated rings. The van der Waals surface area contributed by atoms with E-state index in [0.717, 1.165) is 0 Å². The van der Waals surface area contributed by atoms with Crippen LogP contribution in [0.2, 0.25) is 0 Å². The number of nitrogens with zero attached hydrogens (tertiary/aromatic N) is 2. The van der Waals surface area contributed by atoms with E-state index in [1.165, 1.54) is 0 Å². The van der Waals surface area contributed by atoms with Gasteiger partial charge in [-0.05, 0) is 43.0 Å². The molecule has 0 aliphatic heterocycles. The second-order valence-electron chi connectivity index (χ2n) is 4.85. The number of nitrogens with one attached hydrogen (secondary N) is 1. The number of nitriles is 2. The van der Waals surface area contributed by atoms with Gasteiger partial charge in [-0.1, -0.05) is 6.92 Å². The van der Waals surface area contributed by atoms with Gasteiger partial charge >= 0.3 is 0 Å². The Bertz CT molecular complexity index is 542. The number of carbonyl (C=O) groups excluding carboxylic acids is 1. The summed E-state index contributed by atoms with van der Waals surface area (Å²) in [4.78, 5) is 12.0. The molecule has 1 saturated carbocycles. The summed E-state index contributed by atoms with van der Waals surface area (Å²) in [6.45, 7) is 2.03. The second kappa shape index (κ2) is 4.50. The van der Waals surface area contributed by atoms with E-state index in [1.807, 2.05) is 13.0 Å². The molecule has 4 nitrogen and oxygen atoms in total. The molecule has 18 heavy (non-hydrogen) atoms. The van der Waals surface area contributed by atoms with Crippen molar-refractivity contribution in [3.63, 3.8) is 0 Å². The molecule has 0 aromatic heterocycles. The Hall–Kier alpha value is -2.33. The average Bonchev–Trinajstić information content (AvgIpc) is 2.35. The highest BCUT2D eigenvalue weighted by Gasteiger charge is 2.48. The summed E-state index contributed by atoms with van der Waals surface area (Å²) < 4.78 is 0. The predicted octanol–water partition coefficient (Wildman–Crippen LogP) is 2.44. The van der Waals surface area contributed by atoms with E-state index in [2.05, 4.69) is 11.4 Å². The van der Waals surface area contributed by atoms with Crippen LogP contribution < -0.4 is 5.32 Å². The minimum absolute atomic E-state index is 0.243.